The lowest BCUT2D eigenvalue weighted by Gasteiger charge is -1.99. The first kappa shape index (κ1) is 8.01. The van der Waals surface area contributed by atoms with E-state index in [-0.39, 0.29) is 12.2 Å². The lowest BCUT2D eigenvalue weighted by atomic mass is 10.2. The third kappa shape index (κ3) is 1.91. The van der Waals surface area contributed by atoms with Crippen LogP contribution in [0, 0.1) is 0 Å². The molecule has 0 fully saturated rings. The normalized spacial score (nSPS) is 10.0. The van der Waals surface area contributed by atoms with Gasteiger partial charge in [-0.1, -0.05) is 6.07 Å². The summed E-state index contributed by atoms with van der Waals surface area (Å²) in [6.07, 6.45) is 2.34. The monoisotopic (exact) mass is 153 g/mol. The van der Waals surface area contributed by atoms with Gasteiger partial charge in [-0.3, -0.25) is 4.79 Å². The van der Waals surface area contributed by atoms with Gasteiger partial charge in [0.25, 0.3) is 0 Å². The number of aliphatic hydroxyl groups is 1. The number of aryl methyl sites for hydroxylation is 1. The maximum Gasteiger partial charge on any atom is 0.250 e. The number of nitrogens with zero attached hydrogens (tertiary/aromatic N) is 1. The number of rotatable bonds is 2. The van der Waals surface area contributed by atoms with Gasteiger partial charge in [0.1, 0.15) is 0 Å². The third-order valence-corrected chi connectivity index (χ3v) is 1.55. The van der Waals surface area contributed by atoms with E-state index in [2.05, 4.69) is 0 Å². The Labute approximate surface area is 64.9 Å². The predicted octanol–water partition coefficient (Wildman–Crippen LogP) is -0.0799. The zero-order chi connectivity index (χ0) is 8.27. The standard InChI is InChI=1S/C8H11NO2/c1-9-6-7(4-5-10)2-3-8(9)11/h2-3,6,10H,4-5H2,1H3. The van der Waals surface area contributed by atoms with E-state index in [1.807, 2.05) is 0 Å². The van der Waals surface area contributed by atoms with E-state index < -0.39 is 0 Å². The van der Waals surface area contributed by atoms with Gasteiger partial charge in [0.05, 0.1) is 0 Å². The van der Waals surface area contributed by atoms with Crippen molar-refractivity contribution in [1.29, 1.82) is 0 Å². The van der Waals surface area contributed by atoms with Crippen molar-refractivity contribution < 1.29 is 5.11 Å². The highest BCUT2D eigenvalue weighted by molar-refractivity contribution is 5.09. The lowest BCUT2D eigenvalue weighted by Crippen LogP contribution is -2.15. The smallest absolute Gasteiger partial charge is 0.250 e. The van der Waals surface area contributed by atoms with Crippen LogP contribution in [0.25, 0.3) is 0 Å². The number of pyridine rings is 1. The first-order valence-electron chi connectivity index (χ1n) is 3.50. The topological polar surface area (TPSA) is 42.2 Å². The summed E-state index contributed by atoms with van der Waals surface area (Å²) in [5, 5.41) is 8.59. The van der Waals surface area contributed by atoms with Gasteiger partial charge < -0.3 is 9.67 Å². The second-order valence-electron chi connectivity index (χ2n) is 2.46. The molecule has 0 atom stereocenters. The Morgan fingerprint density at radius 3 is 2.82 bits per heavy atom. The zero-order valence-electron chi connectivity index (χ0n) is 6.45. The largest absolute Gasteiger partial charge is 0.396 e. The highest BCUT2D eigenvalue weighted by Gasteiger charge is 1.92. The molecule has 0 aromatic carbocycles. The van der Waals surface area contributed by atoms with Crippen LogP contribution in [0.1, 0.15) is 5.56 Å². The summed E-state index contributed by atoms with van der Waals surface area (Å²) in [5.41, 5.74) is 0.960. The van der Waals surface area contributed by atoms with Gasteiger partial charge in [-0.05, 0) is 12.0 Å². The van der Waals surface area contributed by atoms with Gasteiger partial charge in [0.2, 0.25) is 5.56 Å². The molecule has 11 heavy (non-hydrogen) atoms. The second kappa shape index (κ2) is 3.34. The Morgan fingerprint density at radius 1 is 1.55 bits per heavy atom. The molecule has 0 aliphatic rings. The Morgan fingerprint density at radius 2 is 2.27 bits per heavy atom. The van der Waals surface area contributed by atoms with Crippen LogP contribution in [-0.2, 0) is 13.5 Å². The third-order valence-electron chi connectivity index (χ3n) is 1.55. The number of hydrogen-bond donors (Lipinski definition) is 1. The summed E-state index contributed by atoms with van der Waals surface area (Å²) in [6, 6.07) is 3.24. The molecular formula is C8H11NO2. The fraction of sp³-hybridized carbons (Fsp3) is 0.375. The quantitative estimate of drug-likeness (QED) is 0.645. The summed E-state index contributed by atoms with van der Waals surface area (Å²) >= 11 is 0. The Bertz CT molecular complexity index is 290. The summed E-state index contributed by atoms with van der Waals surface area (Å²) in [5.74, 6) is 0. The summed E-state index contributed by atoms with van der Waals surface area (Å²) in [6.45, 7) is 0.123. The van der Waals surface area contributed by atoms with Crippen molar-refractivity contribution >= 4 is 0 Å². The van der Waals surface area contributed by atoms with Crippen LogP contribution in [0.15, 0.2) is 23.1 Å². The van der Waals surface area contributed by atoms with Crippen molar-refractivity contribution in [2.24, 2.45) is 7.05 Å². The first-order valence-corrected chi connectivity index (χ1v) is 3.50. The van der Waals surface area contributed by atoms with Gasteiger partial charge >= 0.3 is 0 Å². The molecule has 1 N–H and O–H groups in total. The van der Waals surface area contributed by atoms with Crippen LogP contribution >= 0.6 is 0 Å². The Balaban J connectivity index is 2.96. The maximum absolute atomic E-state index is 10.9. The molecule has 1 heterocycles. The van der Waals surface area contributed by atoms with Crippen molar-refractivity contribution in [1.82, 2.24) is 4.57 Å². The van der Waals surface area contributed by atoms with Crippen LogP contribution < -0.4 is 5.56 Å². The SMILES string of the molecule is Cn1cc(CCO)ccc1=O. The average molecular weight is 153 g/mol. The molecular weight excluding hydrogens is 142 g/mol. The Kier molecular flexibility index (Phi) is 2.44. The molecule has 0 aliphatic heterocycles. The van der Waals surface area contributed by atoms with Crippen LogP contribution in [-0.4, -0.2) is 16.3 Å². The second-order valence-corrected chi connectivity index (χ2v) is 2.46. The molecule has 0 spiro atoms. The molecule has 60 valence electrons. The zero-order valence-corrected chi connectivity index (χ0v) is 6.45. The molecule has 0 radical (unpaired) electrons. The van der Waals surface area contributed by atoms with E-state index in [9.17, 15) is 4.79 Å². The maximum atomic E-state index is 10.9. The van der Waals surface area contributed by atoms with E-state index in [4.69, 9.17) is 5.11 Å². The van der Waals surface area contributed by atoms with Gasteiger partial charge in [-0.25, -0.2) is 0 Å². The molecule has 0 bridgehead atoms. The van der Waals surface area contributed by atoms with Crippen LogP contribution in [0.4, 0.5) is 0 Å². The highest BCUT2D eigenvalue weighted by Crippen LogP contribution is 1.94. The van der Waals surface area contributed by atoms with Gasteiger partial charge in [-0.15, -0.1) is 0 Å². The minimum atomic E-state index is -0.0216. The minimum absolute atomic E-state index is 0.0216. The fourth-order valence-corrected chi connectivity index (χ4v) is 0.928. The fourth-order valence-electron chi connectivity index (χ4n) is 0.928. The van der Waals surface area contributed by atoms with Crippen LogP contribution in [0.2, 0.25) is 0 Å². The molecule has 0 unspecified atom stereocenters. The van der Waals surface area contributed by atoms with Crippen molar-refractivity contribution in [3.8, 4) is 0 Å². The molecule has 1 aromatic heterocycles. The number of aromatic nitrogens is 1. The van der Waals surface area contributed by atoms with E-state index in [0.29, 0.717) is 6.42 Å². The van der Waals surface area contributed by atoms with Crippen LogP contribution in [0.3, 0.4) is 0 Å². The van der Waals surface area contributed by atoms with Gasteiger partial charge in [0.15, 0.2) is 0 Å². The minimum Gasteiger partial charge on any atom is -0.396 e. The highest BCUT2D eigenvalue weighted by atomic mass is 16.2. The molecule has 3 nitrogen and oxygen atoms in total. The average Bonchev–Trinajstić information content (AvgIpc) is 1.98. The number of hydrogen-bond acceptors (Lipinski definition) is 2. The molecule has 3 heteroatoms. The molecule has 0 saturated heterocycles. The van der Waals surface area contributed by atoms with Crippen molar-refractivity contribution in [2.45, 2.75) is 6.42 Å². The van der Waals surface area contributed by atoms with E-state index >= 15 is 0 Å². The van der Waals surface area contributed by atoms with Gasteiger partial charge in [-0.2, -0.15) is 0 Å². The van der Waals surface area contributed by atoms with Crippen molar-refractivity contribution in [3.63, 3.8) is 0 Å². The van der Waals surface area contributed by atoms with Crippen molar-refractivity contribution in [3.05, 3.63) is 34.2 Å². The van der Waals surface area contributed by atoms with E-state index in [0.717, 1.165) is 5.56 Å². The molecule has 0 saturated carbocycles. The van der Waals surface area contributed by atoms with E-state index in [1.54, 1.807) is 19.3 Å². The molecule has 0 aliphatic carbocycles. The first-order chi connectivity index (χ1) is 5.24. The summed E-state index contributed by atoms with van der Waals surface area (Å²) in [7, 11) is 1.70. The lowest BCUT2D eigenvalue weighted by molar-refractivity contribution is 0.299. The summed E-state index contributed by atoms with van der Waals surface area (Å²) in [4.78, 5) is 10.9. The van der Waals surface area contributed by atoms with Gasteiger partial charge in [0, 0.05) is 25.9 Å². The van der Waals surface area contributed by atoms with Crippen molar-refractivity contribution in [2.75, 3.05) is 6.61 Å². The molecule has 1 aromatic rings. The number of aliphatic hydroxyl groups excluding tert-OH is 1. The Hall–Kier alpha value is -1.09. The predicted molar refractivity (Wildman–Crippen MR) is 42.5 cm³/mol. The van der Waals surface area contributed by atoms with Crippen LogP contribution in [0.5, 0.6) is 0 Å². The molecule has 0 amide bonds. The summed E-state index contributed by atoms with van der Waals surface area (Å²) < 4.78 is 1.50. The van der Waals surface area contributed by atoms with E-state index in [1.165, 1.54) is 10.6 Å². The molecule has 1 rings (SSSR count).